The number of H-pyrrole nitrogens is 2. The minimum absolute atomic E-state index is 0. The third-order valence-corrected chi connectivity index (χ3v) is 30.1. The van der Waals surface area contributed by atoms with Crippen molar-refractivity contribution in [2.45, 2.75) is 258 Å². The van der Waals surface area contributed by atoms with Crippen LogP contribution in [0.1, 0.15) is 227 Å². The van der Waals surface area contributed by atoms with Crippen LogP contribution >= 0.6 is 151 Å². The number of carbonyl (C=O) groups excluding carboxylic acids is 8. The van der Waals surface area contributed by atoms with E-state index in [1.165, 1.54) is 28.4 Å². The number of benzene rings is 6. The molecule has 2 aromatic heterocycles. The molecular weight excluding hydrogens is 2080 g/mol. The van der Waals surface area contributed by atoms with Crippen molar-refractivity contribution >= 4 is 277 Å². The number of aromatic amines is 2. The van der Waals surface area contributed by atoms with Gasteiger partial charge in [0.15, 0.2) is 10.9 Å². The molecular formula is C105H149BBrN11O16S10. The molecule has 0 bridgehead atoms. The zero-order chi connectivity index (χ0) is 95.6. The van der Waals surface area contributed by atoms with E-state index in [0.29, 0.717) is 53.3 Å². The van der Waals surface area contributed by atoms with Gasteiger partial charge in [0.05, 0.1) is 87.2 Å². The van der Waals surface area contributed by atoms with Crippen LogP contribution < -0.4 is 32.3 Å². The zero-order valence-corrected chi connectivity index (χ0v) is 96.6. The number of alkyl carbamates (subject to hydrolysis) is 3. The minimum atomic E-state index is -0.754. The number of ether oxygens (including phenoxy) is 4. The number of rotatable bonds is 21. The highest BCUT2D eigenvalue weighted by molar-refractivity contribution is 9.10. The number of amides is 7. The van der Waals surface area contributed by atoms with Gasteiger partial charge in [-0.3, -0.25) is 43.5 Å². The van der Waals surface area contributed by atoms with Crippen molar-refractivity contribution in [1.82, 2.24) is 45.5 Å². The van der Waals surface area contributed by atoms with Gasteiger partial charge in [0.1, 0.15) is 18.1 Å². The van der Waals surface area contributed by atoms with Crippen LogP contribution in [0.2, 0.25) is 0 Å². The third kappa shape index (κ3) is 27.7. The normalized spacial score (nSPS) is 21.0. The summed E-state index contributed by atoms with van der Waals surface area (Å²) < 4.78 is 32.7. The number of halogens is 1. The van der Waals surface area contributed by atoms with Crippen LogP contribution in [-0.4, -0.2) is 191 Å². The Kier molecular flexibility index (Phi) is 48.0. The molecule has 0 radical (unpaired) electrons. The standard InChI is InChI=1S/C49H58N6O7.C32H41BN2O5.C24H30BrN3O4.10H2S/c1-27(2)44(52-48(59)61-5)46(57)54-19-9-12-41(54)38-23-35(26-50-38)32-16-15-29-20-31(14-13-30(29)21-32)33-17-18-36-37(22-33)51-39(25-43(36)56)42-24-34-10-7-8-11-40(34)55(42)47(58)45(28(3)4)53-49(60)62-6;1-20(2)26(18-29(36)38-7)30(37)35-14-8-9-28(35)27-17-24(19-34-27)22-10-11-23-16-25(13-12-21(23)15-22)33-39-31(3,4)32(5,6)40-33;1-13(2)22(27-24(31)32-3)23(30)28-19-7-5-4-6-14(19)10-20(28)18-12-21(29)16-9-8-15(25)11-17(16)26-18;;;;;;;;;;/h13-18,20-22,25-28,34,40-42,44-45H,7-12,19,23-24H2,1-6H3,(H,51,56)(H,52,59)(H,53,60);10-13,15-16,19-20,26,28H,8-9,14,17-18H2,1-7H3;8-9,11-14,19-20,22H,4-7,10H2,1-3H3,(H,26,29)(H,27,31);10*1H2/t34-,40-,41-,42-,44-,45-;26-,28-;14-,19-,20-,22-;;;;;;;;;;/m000........../s1. The van der Waals surface area contributed by atoms with Crippen molar-refractivity contribution in [3.05, 3.63) is 181 Å². The fraction of sp³-hybridized carbons (Fsp3) is 0.505. The van der Waals surface area contributed by atoms with E-state index < -0.39 is 36.4 Å². The smallest absolute Gasteiger partial charge is 0.469 e. The van der Waals surface area contributed by atoms with Crippen molar-refractivity contribution < 1.29 is 66.6 Å². The molecule has 9 aliphatic rings. The topological polar surface area (TPSA) is 331 Å². The van der Waals surface area contributed by atoms with E-state index in [2.05, 4.69) is 142 Å². The average Bonchev–Trinajstić information content (AvgIpc) is 1.59. The molecule has 2 aliphatic carbocycles. The lowest BCUT2D eigenvalue weighted by molar-refractivity contribution is -0.148. The Morgan fingerprint density at radius 1 is 0.431 bits per heavy atom. The first-order valence-corrected chi connectivity index (χ1v) is 48.6. The molecule has 2 saturated carbocycles. The number of allylic oxidation sites excluding steroid dienone is 2. The molecule has 7 aliphatic heterocycles. The first-order chi connectivity index (χ1) is 64.0. The van der Waals surface area contributed by atoms with Crippen molar-refractivity contribution in [3.8, 4) is 11.1 Å². The first-order valence-electron chi connectivity index (χ1n) is 47.9. The van der Waals surface area contributed by atoms with Crippen molar-refractivity contribution in [2.24, 2.45) is 51.4 Å². The molecule has 7 amide bonds. The minimum Gasteiger partial charge on any atom is -0.469 e. The number of aromatic nitrogens is 2. The van der Waals surface area contributed by atoms with E-state index >= 15 is 0 Å². The van der Waals surface area contributed by atoms with Crippen LogP contribution in [0.4, 0.5) is 14.4 Å². The number of carbonyl (C=O) groups is 8. The maximum atomic E-state index is 14.4. The van der Waals surface area contributed by atoms with Gasteiger partial charge in [-0.05, 0) is 236 Å². The molecule has 790 valence electrons. The second-order valence-corrected chi connectivity index (χ2v) is 40.9. The van der Waals surface area contributed by atoms with Gasteiger partial charge in [0, 0.05) is 101 Å². The summed E-state index contributed by atoms with van der Waals surface area (Å²) in [5.41, 5.74) is 11.4. The molecule has 17 rings (SSSR count). The summed E-state index contributed by atoms with van der Waals surface area (Å²) in [5.74, 6) is -0.658. The zero-order valence-electron chi connectivity index (χ0n) is 85.0. The van der Waals surface area contributed by atoms with E-state index in [-0.39, 0.29) is 266 Å². The molecule has 5 saturated heterocycles. The first kappa shape index (κ1) is 127. The summed E-state index contributed by atoms with van der Waals surface area (Å²) in [6, 6.07) is 37.7. The summed E-state index contributed by atoms with van der Waals surface area (Å²) in [7, 11) is 4.87. The van der Waals surface area contributed by atoms with E-state index in [9.17, 15) is 47.9 Å². The predicted molar refractivity (Wildman–Crippen MR) is 630 cm³/mol. The number of hydrogen-bond donors (Lipinski definition) is 5. The van der Waals surface area contributed by atoms with E-state index in [1.54, 1.807) is 18.2 Å². The van der Waals surface area contributed by atoms with Crippen LogP contribution in [0.5, 0.6) is 0 Å². The lowest BCUT2D eigenvalue weighted by Gasteiger charge is -2.37. The summed E-state index contributed by atoms with van der Waals surface area (Å²) in [4.78, 5) is 155. The lowest BCUT2D eigenvalue weighted by Crippen LogP contribution is -2.53. The molecule has 39 heteroatoms. The van der Waals surface area contributed by atoms with Gasteiger partial charge in [-0.15, -0.1) is 0 Å². The van der Waals surface area contributed by atoms with Crippen LogP contribution in [0.25, 0.3) is 65.6 Å². The molecule has 8 aromatic rings. The van der Waals surface area contributed by atoms with Crippen molar-refractivity contribution in [3.63, 3.8) is 0 Å². The molecule has 12 atom stereocenters. The van der Waals surface area contributed by atoms with Gasteiger partial charge >= 0.3 is 31.4 Å². The predicted octanol–water partition coefficient (Wildman–Crippen LogP) is 18.9. The van der Waals surface area contributed by atoms with E-state index in [1.807, 2.05) is 118 Å². The fourth-order valence-corrected chi connectivity index (χ4v) is 21.8. The van der Waals surface area contributed by atoms with Crippen LogP contribution in [0.15, 0.2) is 158 Å². The summed E-state index contributed by atoms with van der Waals surface area (Å²) in [6.45, 7) is 25.0. The maximum Gasteiger partial charge on any atom is 0.494 e. The third-order valence-electron chi connectivity index (χ3n) is 29.6. The quantitative estimate of drug-likeness (QED) is 0.0253. The Morgan fingerprint density at radius 3 is 1.23 bits per heavy atom. The van der Waals surface area contributed by atoms with E-state index in [4.69, 9.17) is 38.2 Å². The Labute approximate surface area is 924 Å². The van der Waals surface area contributed by atoms with Crippen LogP contribution in [0.3, 0.4) is 0 Å². The highest BCUT2D eigenvalue weighted by atomic mass is 79.9. The number of aliphatic imine (C=N–C) groups is 2. The molecule has 0 spiro atoms. The fourth-order valence-electron chi connectivity index (χ4n) is 21.5. The Bertz CT molecular complexity index is 6130. The number of pyridine rings is 2. The second kappa shape index (κ2) is 54.6. The largest absolute Gasteiger partial charge is 0.494 e. The number of methoxy groups -OCH3 is 4. The second-order valence-electron chi connectivity index (χ2n) is 40.0. The van der Waals surface area contributed by atoms with Crippen LogP contribution in [0, 0.1) is 41.4 Å². The van der Waals surface area contributed by atoms with Crippen LogP contribution in [-0.2, 0) is 52.2 Å². The summed E-state index contributed by atoms with van der Waals surface area (Å²) in [6.07, 6.45) is 16.9. The number of likely N-dealkylation sites (tertiary alicyclic amines) is 4. The molecule has 6 aromatic carbocycles. The monoisotopic (exact) mass is 2230 g/mol. The van der Waals surface area contributed by atoms with Crippen molar-refractivity contribution in [2.75, 3.05) is 41.5 Å². The van der Waals surface area contributed by atoms with Gasteiger partial charge in [-0.25, -0.2) is 14.4 Å². The molecule has 144 heavy (non-hydrogen) atoms. The van der Waals surface area contributed by atoms with Crippen molar-refractivity contribution in [1.29, 1.82) is 0 Å². The Hall–Kier alpha value is -7.80. The van der Waals surface area contributed by atoms with Gasteiger partial charge in [0.2, 0.25) is 23.6 Å². The number of esters is 1. The highest BCUT2D eigenvalue weighted by Crippen LogP contribution is 2.50. The van der Waals surface area contributed by atoms with Gasteiger partial charge < -0.3 is 73.8 Å². The Morgan fingerprint density at radius 2 is 0.806 bits per heavy atom. The number of fused-ring (bicyclic) bond motifs is 6. The molecule has 5 N–H and O–H groups in total. The molecule has 7 fully saturated rings. The molecule has 0 unspecified atom stereocenters. The van der Waals surface area contributed by atoms with E-state index in [0.717, 1.165) is 184 Å². The molecule has 27 nitrogen and oxygen atoms in total. The number of hydrogen-bond acceptors (Lipinski definition) is 18. The summed E-state index contributed by atoms with van der Waals surface area (Å²) in [5, 5.41) is 13.9. The lowest BCUT2D eigenvalue weighted by atomic mass is 9.78. The number of nitrogens with zero attached hydrogens (tertiary/aromatic N) is 6. The molecule has 9 heterocycles. The maximum absolute atomic E-state index is 14.4. The van der Waals surface area contributed by atoms with Gasteiger partial charge in [-0.2, -0.15) is 135 Å². The average molecular weight is 2230 g/mol. The Balaban J connectivity index is 0.000000389. The van der Waals surface area contributed by atoms with Gasteiger partial charge in [-0.1, -0.05) is 158 Å². The summed E-state index contributed by atoms with van der Waals surface area (Å²) >= 11 is 3.48. The van der Waals surface area contributed by atoms with Gasteiger partial charge in [0.25, 0.3) is 0 Å². The number of nitrogens with one attached hydrogen (secondary N) is 5. The SMILES string of the molecule is COC(=O)C[C@H](C(=O)N1CCC[C@H]1C1=NC=C(c2ccc3cc(B4OC(C)(C)C(C)(C)O4)ccc3c2)C1)C(C)C.COC(=O)N[C@H](C(=O)N1CCC[C@H]1C1=NC=C(c2ccc3cc(-c4ccc5c(=O)cc([C@@H]6C[C@@H]7CCCC[C@@H]7N6C(=O)[C@@H](NC(=O)OC)C(C)C)[nH]c5c4)ccc3c2)C1)C(C)C.COC(=O)N[C@H](C(=O)N1[C@H](c2cc(=O)c3ccc(Br)cc3[nH]2)C[C@@H]2CCCC[C@@H]21)C(C)C.S.S.S.S.S.S.S.S.S.S. The highest BCUT2D eigenvalue weighted by Gasteiger charge is 2.54.